The van der Waals surface area contributed by atoms with Gasteiger partial charge in [0.25, 0.3) is 0 Å². The summed E-state index contributed by atoms with van der Waals surface area (Å²) in [5, 5.41) is 0. The van der Waals surface area contributed by atoms with E-state index in [2.05, 4.69) is 0 Å². The van der Waals surface area contributed by atoms with E-state index >= 15 is 0 Å². The van der Waals surface area contributed by atoms with Gasteiger partial charge in [0.05, 0.1) is 6.61 Å². The first-order chi connectivity index (χ1) is 8.46. The molecular weight excluding hydrogens is 239 g/mol. The number of benzene rings is 1. The molecule has 5 heteroatoms. The van der Waals surface area contributed by atoms with Crippen LogP contribution in [0.1, 0.15) is 25.0 Å². The minimum absolute atomic E-state index is 0.112. The third-order valence-electron chi connectivity index (χ3n) is 2.88. The molecule has 1 aromatic carbocycles. The van der Waals surface area contributed by atoms with Gasteiger partial charge in [-0.3, -0.25) is 0 Å². The van der Waals surface area contributed by atoms with E-state index in [0.717, 1.165) is 0 Å². The van der Waals surface area contributed by atoms with Gasteiger partial charge < -0.3 is 14.2 Å². The average molecular weight is 254 g/mol. The lowest BCUT2D eigenvalue weighted by Crippen LogP contribution is -2.30. The molecule has 1 aromatic rings. The average Bonchev–Trinajstić information content (AvgIpc) is 2.75. The zero-order chi connectivity index (χ0) is 13.3. The largest absolute Gasteiger partial charge is 0.463 e. The number of esters is 1. The van der Waals surface area contributed by atoms with Crippen LogP contribution in [0.4, 0.5) is 4.39 Å². The van der Waals surface area contributed by atoms with Crippen molar-refractivity contribution in [3.63, 3.8) is 0 Å². The molecule has 1 atom stereocenters. The normalized spacial score (nSPS) is 16.2. The molecule has 0 spiro atoms. The Bertz CT molecular complexity index is 482. The van der Waals surface area contributed by atoms with Crippen molar-refractivity contribution in [1.29, 1.82) is 0 Å². The summed E-state index contributed by atoms with van der Waals surface area (Å²) < 4.78 is 29.7. The third-order valence-corrected chi connectivity index (χ3v) is 2.88. The molecule has 0 N–H and O–H groups in total. The Balaban J connectivity index is 2.41. The second-order valence-corrected chi connectivity index (χ2v) is 4.24. The van der Waals surface area contributed by atoms with Crippen molar-refractivity contribution in [2.75, 3.05) is 13.4 Å². The Morgan fingerprint density at radius 2 is 2.06 bits per heavy atom. The molecule has 4 nitrogen and oxygen atoms in total. The number of rotatable bonds is 3. The van der Waals surface area contributed by atoms with Crippen LogP contribution in [0.2, 0.25) is 0 Å². The lowest BCUT2D eigenvalue weighted by molar-refractivity contribution is -0.156. The number of carbonyl (C=O) groups excluding carboxylic acids is 1. The van der Waals surface area contributed by atoms with E-state index in [9.17, 15) is 9.18 Å². The summed E-state index contributed by atoms with van der Waals surface area (Å²) in [6.07, 6.45) is 0. The number of alkyl halides is 1. The Kier molecular flexibility index (Phi) is 3.15. The van der Waals surface area contributed by atoms with Gasteiger partial charge in [-0.1, -0.05) is 0 Å². The van der Waals surface area contributed by atoms with Crippen LogP contribution in [0.5, 0.6) is 11.5 Å². The summed E-state index contributed by atoms with van der Waals surface area (Å²) in [5.41, 5.74) is -1.33. The highest BCUT2D eigenvalue weighted by Gasteiger charge is 2.39. The molecule has 0 aromatic heterocycles. The lowest BCUT2D eigenvalue weighted by Gasteiger charge is -2.21. The second-order valence-electron chi connectivity index (χ2n) is 4.24. The van der Waals surface area contributed by atoms with Gasteiger partial charge in [-0.15, -0.1) is 0 Å². The monoisotopic (exact) mass is 254 g/mol. The molecule has 0 bridgehead atoms. The number of ether oxygens (including phenoxy) is 3. The summed E-state index contributed by atoms with van der Waals surface area (Å²) in [5.74, 6) is 0.117. The minimum Gasteiger partial charge on any atom is -0.463 e. The van der Waals surface area contributed by atoms with E-state index in [1.165, 1.54) is 13.0 Å². The van der Waals surface area contributed by atoms with Gasteiger partial charge in [0.15, 0.2) is 11.5 Å². The number of hydrogen-bond acceptors (Lipinski definition) is 4. The number of hydrogen-bond donors (Lipinski definition) is 0. The van der Waals surface area contributed by atoms with Crippen LogP contribution in [0, 0.1) is 6.92 Å². The van der Waals surface area contributed by atoms with Gasteiger partial charge in [0.1, 0.15) is 0 Å². The summed E-state index contributed by atoms with van der Waals surface area (Å²) in [7, 11) is 0. The quantitative estimate of drug-likeness (QED) is 0.777. The molecule has 0 aliphatic carbocycles. The van der Waals surface area contributed by atoms with E-state index in [4.69, 9.17) is 14.2 Å². The molecule has 98 valence electrons. The zero-order valence-electron chi connectivity index (χ0n) is 10.6. The molecule has 1 unspecified atom stereocenters. The van der Waals surface area contributed by atoms with Gasteiger partial charge in [0, 0.05) is 5.56 Å². The zero-order valence-corrected chi connectivity index (χ0v) is 10.6. The fraction of sp³-hybridized carbons (Fsp3) is 0.462. The van der Waals surface area contributed by atoms with E-state index in [1.807, 2.05) is 0 Å². The smallest absolute Gasteiger partial charge is 0.348 e. The molecule has 0 saturated carbocycles. The van der Waals surface area contributed by atoms with E-state index < -0.39 is 11.6 Å². The van der Waals surface area contributed by atoms with Crippen LogP contribution in [0.3, 0.4) is 0 Å². The highest BCUT2D eigenvalue weighted by atomic mass is 19.1. The first-order valence-electron chi connectivity index (χ1n) is 5.73. The minimum atomic E-state index is -2.19. The fourth-order valence-corrected chi connectivity index (χ4v) is 1.93. The Hall–Kier alpha value is -1.78. The predicted octanol–water partition coefficient (Wildman–Crippen LogP) is 2.47. The molecule has 0 fully saturated rings. The Labute approximate surface area is 105 Å². The van der Waals surface area contributed by atoms with Crippen molar-refractivity contribution >= 4 is 5.97 Å². The topological polar surface area (TPSA) is 44.8 Å². The molecule has 0 amide bonds. The molecule has 2 rings (SSSR count). The number of aryl methyl sites for hydroxylation is 1. The molecule has 0 saturated heterocycles. The van der Waals surface area contributed by atoms with Gasteiger partial charge in [-0.2, -0.15) is 0 Å². The Morgan fingerprint density at radius 1 is 1.44 bits per heavy atom. The SMILES string of the molecule is CCOC(=O)C(C)(F)c1cc2c(cc1C)OCO2. The highest BCUT2D eigenvalue weighted by molar-refractivity contribution is 5.81. The van der Waals surface area contributed by atoms with Crippen LogP contribution >= 0.6 is 0 Å². The summed E-state index contributed by atoms with van der Waals surface area (Å²) in [4.78, 5) is 11.6. The van der Waals surface area contributed by atoms with Crippen molar-refractivity contribution in [3.05, 3.63) is 23.3 Å². The molecule has 1 aliphatic rings. The van der Waals surface area contributed by atoms with Crippen LogP contribution in [0.15, 0.2) is 12.1 Å². The summed E-state index contributed by atoms with van der Waals surface area (Å²) >= 11 is 0. The second kappa shape index (κ2) is 4.48. The van der Waals surface area contributed by atoms with Gasteiger partial charge in [-0.25, -0.2) is 9.18 Å². The molecular formula is C13H15FO4. The highest BCUT2D eigenvalue weighted by Crippen LogP contribution is 2.39. The van der Waals surface area contributed by atoms with Crippen LogP contribution < -0.4 is 9.47 Å². The summed E-state index contributed by atoms with van der Waals surface area (Å²) in [6, 6.07) is 3.16. The summed E-state index contributed by atoms with van der Waals surface area (Å²) in [6.45, 7) is 4.80. The maximum absolute atomic E-state index is 14.6. The van der Waals surface area contributed by atoms with Gasteiger partial charge >= 0.3 is 5.97 Å². The van der Waals surface area contributed by atoms with Crippen molar-refractivity contribution in [2.24, 2.45) is 0 Å². The van der Waals surface area contributed by atoms with E-state index in [-0.39, 0.29) is 19.0 Å². The number of halogens is 1. The molecule has 18 heavy (non-hydrogen) atoms. The van der Waals surface area contributed by atoms with Crippen LogP contribution in [-0.4, -0.2) is 19.4 Å². The molecule has 1 aliphatic heterocycles. The molecule has 1 heterocycles. The number of fused-ring (bicyclic) bond motifs is 1. The first-order valence-corrected chi connectivity index (χ1v) is 5.73. The van der Waals surface area contributed by atoms with Crippen LogP contribution in [0.25, 0.3) is 0 Å². The molecule has 0 radical (unpaired) electrons. The maximum Gasteiger partial charge on any atom is 0.348 e. The Morgan fingerprint density at radius 3 is 2.67 bits per heavy atom. The van der Waals surface area contributed by atoms with Gasteiger partial charge in [-0.05, 0) is 38.5 Å². The van der Waals surface area contributed by atoms with Crippen molar-refractivity contribution < 1.29 is 23.4 Å². The van der Waals surface area contributed by atoms with Crippen molar-refractivity contribution in [3.8, 4) is 11.5 Å². The fourth-order valence-electron chi connectivity index (χ4n) is 1.93. The standard InChI is InChI=1S/C13H15FO4/c1-4-16-12(15)13(3,14)9-6-11-10(5-8(9)2)17-7-18-11/h5-6H,4,7H2,1-3H3. The number of carbonyl (C=O) groups is 1. The lowest BCUT2D eigenvalue weighted by atomic mass is 9.93. The predicted molar refractivity (Wildman–Crippen MR) is 62.4 cm³/mol. The first kappa shape index (κ1) is 12.7. The van der Waals surface area contributed by atoms with E-state index in [0.29, 0.717) is 17.1 Å². The van der Waals surface area contributed by atoms with E-state index in [1.54, 1.807) is 19.9 Å². The van der Waals surface area contributed by atoms with Crippen molar-refractivity contribution in [1.82, 2.24) is 0 Å². The third kappa shape index (κ3) is 2.00. The van der Waals surface area contributed by atoms with Gasteiger partial charge in [0.2, 0.25) is 12.5 Å². The van der Waals surface area contributed by atoms with Crippen molar-refractivity contribution in [2.45, 2.75) is 26.4 Å². The van der Waals surface area contributed by atoms with Crippen LogP contribution in [-0.2, 0) is 15.2 Å². The maximum atomic E-state index is 14.6.